The van der Waals surface area contributed by atoms with Crippen LogP contribution in [0.5, 0.6) is 5.75 Å². The number of rotatable bonds is 2. The zero-order valence-corrected chi connectivity index (χ0v) is 9.93. The van der Waals surface area contributed by atoms with Crippen LogP contribution in [-0.4, -0.2) is 0 Å². The summed E-state index contributed by atoms with van der Waals surface area (Å²) in [6.45, 7) is 0. The molecule has 1 aliphatic rings. The van der Waals surface area contributed by atoms with Gasteiger partial charge in [-0.15, -0.1) is 0 Å². The van der Waals surface area contributed by atoms with E-state index in [1.54, 1.807) is 5.41 Å². The van der Waals surface area contributed by atoms with Crippen molar-refractivity contribution in [1.29, 1.82) is 0 Å². The third-order valence-corrected chi connectivity index (χ3v) is 3.95. The number of hydrogen-bond donors (Lipinski definition) is 1. The molecule has 0 aliphatic carbocycles. The Labute approximate surface area is 103 Å². The van der Waals surface area contributed by atoms with Crippen LogP contribution in [0.1, 0.15) is 5.56 Å². The first-order valence-electron chi connectivity index (χ1n) is 5.35. The minimum absolute atomic E-state index is 0.688. The molecular weight excluding hydrogens is 232 g/mol. The number of thiol groups is 1. The van der Waals surface area contributed by atoms with Crippen LogP contribution in [0.4, 0.5) is 0 Å². The minimum atomic E-state index is -1.45. The summed E-state index contributed by atoms with van der Waals surface area (Å²) < 4.78 is 17.6. The molecule has 3 heteroatoms. The highest BCUT2D eigenvalue weighted by Crippen LogP contribution is 2.47. The maximum Gasteiger partial charge on any atom is 0.142 e. The van der Waals surface area contributed by atoms with E-state index in [2.05, 4.69) is 0 Å². The fourth-order valence-corrected chi connectivity index (χ4v) is 3.02. The van der Waals surface area contributed by atoms with E-state index in [0.29, 0.717) is 5.76 Å². The summed E-state index contributed by atoms with van der Waals surface area (Å²) in [6, 6.07) is 17.2. The standard InChI is InChI=1S/C14H11O2S/c15-17-10-13(12-8-4-5-9-14(12)17)16-11-6-2-1-3-7-11/h1-10,17H. The van der Waals surface area contributed by atoms with Gasteiger partial charge in [0, 0.05) is 15.9 Å². The SMILES string of the molecule is [O][SH]1C=C(Oc2ccccc2)c2ccccc21. The third kappa shape index (κ3) is 1.95. The van der Waals surface area contributed by atoms with Crippen LogP contribution in [0.3, 0.4) is 0 Å². The Morgan fingerprint density at radius 2 is 1.59 bits per heavy atom. The van der Waals surface area contributed by atoms with E-state index in [9.17, 15) is 4.55 Å². The zero-order chi connectivity index (χ0) is 11.7. The van der Waals surface area contributed by atoms with Gasteiger partial charge in [-0.3, -0.25) is 0 Å². The summed E-state index contributed by atoms with van der Waals surface area (Å²) in [5, 5.41) is 1.69. The average molecular weight is 243 g/mol. The molecule has 0 amide bonds. The van der Waals surface area contributed by atoms with E-state index in [4.69, 9.17) is 4.74 Å². The molecule has 1 aliphatic heterocycles. The van der Waals surface area contributed by atoms with Crippen LogP contribution >= 0.6 is 11.2 Å². The van der Waals surface area contributed by atoms with Crippen molar-refractivity contribution in [3.8, 4) is 5.75 Å². The van der Waals surface area contributed by atoms with Crippen LogP contribution in [0.25, 0.3) is 5.76 Å². The van der Waals surface area contributed by atoms with Crippen LogP contribution in [0.15, 0.2) is 64.9 Å². The molecule has 2 nitrogen and oxygen atoms in total. The molecule has 0 saturated carbocycles. The van der Waals surface area contributed by atoms with Crippen molar-refractivity contribution >= 4 is 16.9 Å². The molecule has 0 bridgehead atoms. The Kier molecular flexibility index (Phi) is 2.63. The first-order chi connectivity index (χ1) is 8.34. The fraction of sp³-hybridized carbons (Fsp3) is 0. The first-order valence-corrected chi connectivity index (χ1v) is 6.68. The molecular formula is C14H11O2S. The van der Waals surface area contributed by atoms with E-state index in [1.165, 1.54) is 0 Å². The minimum Gasteiger partial charge on any atom is -0.456 e. The molecule has 0 spiro atoms. The summed E-state index contributed by atoms with van der Waals surface area (Å²) in [6.07, 6.45) is 0. The highest BCUT2D eigenvalue weighted by Gasteiger charge is 2.21. The summed E-state index contributed by atoms with van der Waals surface area (Å²) in [4.78, 5) is 0.855. The van der Waals surface area contributed by atoms with Crippen molar-refractivity contribution in [2.24, 2.45) is 0 Å². The Balaban J connectivity index is 1.94. The predicted octanol–water partition coefficient (Wildman–Crippen LogP) is 3.78. The number of para-hydroxylation sites is 1. The number of hydrogen-bond acceptors (Lipinski definition) is 1. The second kappa shape index (κ2) is 4.28. The third-order valence-electron chi connectivity index (χ3n) is 2.61. The van der Waals surface area contributed by atoms with Gasteiger partial charge in [0.15, 0.2) is 0 Å². The van der Waals surface area contributed by atoms with Crippen molar-refractivity contribution in [2.75, 3.05) is 0 Å². The van der Waals surface area contributed by atoms with Crippen molar-refractivity contribution in [1.82, 2.24) is 0 Å². The van der Waals surface area contributed by atoms with E-state index in [-0.39, 0.29) is 0 Å². The van der Waals surface area contributed by atoms with E-state index in [1.807, 2.05) is 54.6 Å². The van der Waals surface area contributed by atoms with Gasteiger partial charge in [0.2, 0.25) is 0 Å². The highest BCUT2D eigenvalue weighted by atomic mass is 32.2. The van der Waals surface area contributed by atoms with Crippen LogP contribution in [0.2, 0.25) is 0 Å². The molecule has 1 radical (unpaired) electrons. The maximum absolute atomic E-state index is 11.9. The lowest BCUT2D eigenvalue weighted by molar-refractivity contribution is 0.515. The van der Waals surface area contributed by atoms with Crippen molar-refractivity contribution in [3.05, 3.63) is 65.6 Å². The molecule has 2 aromatic carbocycles. The van der Waals surface area contributed by atoms with Crippen LogP contribution in [0, 0.1) is 0 Å². The molecule has 1 atom stereocenters. The molecule has 1 heterocycles. The summed E-state index contributed by atoms with van der Waals surface area (Å²) in [5.74, 6) is 1.45. The zero-order valence-electron chi connectivity index (χ0n) is 9.04. The van der Waals surface area contributed by atoms with Crippen LogP contribution in [-0.2, 0) is 4.55 Å². The van der Waals surface area contributed by atoms with Crippen molar-refractivity contribution in [3.63, 3.8) is 0 Å². The Hall–Kier alpha value is -1.71. The van der Waals surface area contributed by atoms with Gasteiger partial charge >= 0.3 is 0 Å². The lowest BCUT2D eigenvalue weighted by Gasteiger charge is -2.07. The van der Waals surface area contributed by atoms with Crippen molar-refractivity contribution in [2.45, 2.75) is 4.90 Å². The summed E-state index contributed by atoms with van der Waals surface area (Å²) in [5.41, 5.74) is 0.928. The molecule has 0 saturated heterocycles. The molecule has 0 N–H and O–H groups in total. The molecule has 17 heavy (non-hydrogen) atoms. The smallest absolute Gasteiger partial charge is 0.142 e. The van der Waals surface area contributed by atoms with Gasteiger partial charge in [0.1, 0.15) is 11.5 Å². The second-order valence-corrected chi connectivity index (χ2v) is 5.14. The number of ether oxygens (including phenoxy) is 1. The fourth-order valence-electron chi connectivity index (χ4n) is 1.82. The molecule has 2 aromatic rings. The van der Waals surface area contributed by atoms with Gasteiger partial charge in [0.25, 0.3) is 0 Å². The molecule has 85 valence electrons. The van der Waals surface area contributed by atoms with Gasteiger partial charge < -0.3 is 4.74 Å². The lowest BCUT2D eigenvalue weighted by Crippen LogP contribution is -1.92. The highest BCUT2D eigenvalue weighted by molar-refractivity contribution is 8.15. The van der Waals surface area contributed by atoms with Gasteiger partial charge in [-0.05, 0) is 18.2 Å². The molecule has 0 fully saturated rings. The van der Waals surface area contributed by atoms with E-state index >= 15 is 0 Å². The Morgan fingerprint density at radius 3 is 2.41 bits per heavy atom. The van der Waals surface area contributed by atoms with Gasteiger partial charge in [-0.2, -0.15) is 4.55 Å². The largest absolute Gasteiger partial charge is 0.456 e. The number of benzene rings is 2. The first kappa shape index (κ1) is 10.4. The summed E-state index contributed by atoms with van der Waals surface area (Å²) >= 11 is -1.45. The van der Waals surface area contributed by atoms with Gasteiger partial charge in [-0.1, -0.05) is 47.6 Å². The monoisotopic (exact) mass is 243 g/mol. The lowest BCUT2D eigenvalue weighted by atomic mass is 10.2. The number of fused-ring (bicyclic) bond motifs is 1. The topological polar surface area (TPSA) is 29.1 Å². The van der Waals surface area contributed by atoms with Gasteiger partial charge in [-0.25, -0.2) is 0 Å². The maximum atomic E-state index is 11.9. The van der Waals surface area contributed by atoms with E-state index < -0.39 is 11.2 Å². The Morgan fingerprint density at radius 1 is 0.882 bits per heavy atom. The normalized spacial score (nSPS) is 19.6. The van der Waals surface area contributed by atoms with Crippen molar-refractivity contribution < 1.29 is 9.29 Å². The Bertz CT molecular complexity index is 563. The summed E-state index contributed by atoms with van der Waals surface area (Å²) in [7, 11) is 0. The average Bonchev–Trinajstić information content (AvgIpc) is 2.69. The molecule has 3 rings (SSSR count). The molecule has 1 unspecified atom stereocenters. The second-order valence-electron chi connectivity index (χ2n) is 3.75. The quantitative estimate of drug-likeness (QED) is 0.799. The predicted molar refractivity (Wildman–Crippen MR) is 69.4 cm³/mol. The van der Waals surface area contributed by atoms with Gasteiger partial charge in [0.05, 0.1) is 0 Å². The van der Waals surface area contributed by atoms with E-state index in [0.717, 1.165) is 16.2 Å². The molecule has 0 aromatic heterocycles. The van der Waals surface area contributed by atoms with Crippen LogP contribution < -0.4 is 4.74 Å².